The van der Waals surface area contributed by atoms with E-state index in [1.54, 1.807) is 0 Å². The monoisotopic (exact) mass is 206 g/mol. The zero-order valence-corrected chi connectivity index (χ0v) is 9.33. The van der Waals surface area contributed by atoms with E-state index >= 15 is 0 Å². The van der Waals surface area contributed by atoms with E-state index in [1.807, 2.05) is 0 Å². The van der Waals surface area contributed by atoms with E-state index in [9.17, 15) is 0 Å². The maximum Gasteiger partial charge on any atom is 0.134 e. The molecular weight excluding hydrogens is 188 g/mol. The lowest BCUT2D eigenvalue weighted by Crippen LogP contribution is -2.34. The highest BCUT2D eigenvalue weighted by Crippen LogP contribution is 2.30. The average Bonchev–Trinajstić information content (AvgIpc) is 2.16. The van der Waals surface area contributed by atoms with Crippen molar-refractivity contribution in [3.05, 3.63) is 11.9 Å². The summed E-state index contributed by atoms with van der Waals surface area (Å²) in [6.45, 7) is 4.34. The molecule has 1 fully saturated rings. The Bertz CT molecular complexity index is 344. The summed E-state index contributed by atoms with van der Waals surface area (Å²) in [4.78, 5) is 8.26. The molecule has 2 rings (SSSR count). The summed E-state index contributed by atoms with van der Waals surface area (Å²) in [5.41, 5.74) is 6.84. The van der Waals surface area contributed by atoms with Gasteiger partial charge >= 0.3 is 0 Å². The van der Waals surface area contributed by atoms with Gasteiger partial charge in [0, 0.05) is 11.6 Å². The third-order valence-electron chi connectivity index (χ3n) is 3.05. The maximum absolute atomic E-state index is 5.80. The van der Waals surface area contributed by atoms with Crippen LogP contribution in [0.25, 0.3) is 0 Å². The second-order valence-electron chi connectivity index (χ2n) is 4.36. The predicted molar refractivity (Wildman–Crippen MR) is 61.6 cm³/mol. The van der Waals surface area contributed by atoms with Crippen LogP contribution < -0.4 is 11.1 Å². The minimum Gasteiger partial charge on any atom is -0.383 e. The molecule has 1 aliphatic carbocycles. The molecular formula is C11H18N4. The molecule has 0 atom stereocenters. The molecule has 0 unspecified atom stereocenters. The van der Waals surface area contributed by atoms with E-state index < -0.39 is 0 Å². The molecule has 1 saturated carbocycles. The third kappa shape index (κ3) is 2.03. The van der Waals surface area contributed by atoms with Crippen molar-refractivity contribution in [3.8, 4) is 0 Å². The van der Waals surface area contributed by atoms with Gasteiger partial charge in [-0.25, -0.2) is 9.97 Å². The normalized spacial score (nSPS) is 24.7. The number of rotatable bonds is 3. The Morgan fingerprint density at radius 1 is 1.47 bits per heavy atom. The van der Waals surface area contributed by atoms with Gasteiger partial charge in [0.05, 0.1) is 0 Å². The Morgan fingerprint density at radius 2 is 2.20 bits per heavy atom. The van der Waals surface area contributed by atoms with Crippen molar-refractivity contribution < 1.29 is 0 Å². The Kier molecular flexibility index (Phi) is 2.75. The topological polar surface area (TPSA) is 63.8 Å². The Hall–Kier alpha value is -1.32. The number of hydrogen-bond donors (Lipinski definition) is 2. The fourth-order valence-electron chi connectivity index (χ4n) is 2.11. The molecule has 4 nitrogen and oxygen atoms in total. The van der Waals surface area contributed by atoms with Crippen LogP contribution in [0.5, 0.6) is 0 Å². The van der Waals surface area contributed by atoms with E-state index in [1.165, 1.54) is 19.2 Å². The molecule has 1 heterocycles. The molecule has 82 valence electrons. The fourth-order valence-corrected chi connectivity index (χ4v) is 2.11. The van der Waals surface area contributed by atoms with Crippen molar-refractivity contribution in [2.75, 3.05) is 11.1 Å². The summed E-state index contributed by atoms with van der Waals surface area (Å²) in [6.07, 6.45) is 4.86. The van der Waals surface area contributed by atoms with Gasteiger partial charge in [0.2, 0.25) is 0 Å². The lowest BCUT2D eigenvalue weighted by atomic mass is 9.82. The number of nitrogens with one attached hydrogen (secondary N) is 1. The minimum absolute atomic E-state index is 0.569. The predicted octanol–water partition coefficient (Wildman–Crippen LogP) is 1.83. The lowest BCUT2D eigenvalue weighted by Gasteiger charge is -2.34. The molecule has 0 bridgehead atoms. The molecule has 1 aromatic rings. The molecule has 1 aromatic heterocycles. The van der Waals surface area contributed by atoms with E-state index in [0.29, 0.717) is 11.9 Å². The first-order valence-corrected chi connectivity index (χ1v) is 5.56. The number of anilines is 2. The molecule has 0 radical (unpaired) electrons. The van der Waals surface area contributed by atoms with Gasteiger partial charge in [0.15, 0.2) is 0 Å². The van der Waals surface area contributed by atoms with Crippen molar-refractivity contribution in [3.63, 3.8) is 0 Å². The van der Waals surface area contributed by atoms with Gasteiger partial charge in [-0.1, -0.05) is 13.8 Å². The third-order valence-corrected chi connectivity index (χ3v) is 3.05. The minimum atomic E-state index is 0.569. The summed E-state index contributed by atoms with van der Waals surface area (Å²) in [6, 6.07) is 0.569. The average molecular weight is 206 g/mol. The van der Waals surface area contributed by atoms with E-state index in [2.05, 4.69) is 29.1 Å². The number of nitrogens with zero attached hydrogens (tertiary/aromatic N) is 2. The van der Waals surface area contributed by atoms with Gasteiger partial charge < -0.3 is 11.1 Å². The van der Waals surface area contributed by atoms with Gasteiger partial charge in [-0.2, -0.15) is 0 Å². The van der Waals surface area contributed by atoms with Crippen LogP contribution in [-0.2, 0) is 6.42 Å². The fraction of sp³-hybridized carbons (Fsp3) is 0.636. The van der Waals surface area contributed by atoms with Crippen LogP contribution >= 0.6 is 0 Å². The van der Waals surface area contributed by atoms with Gasteiger partial charge in [-0.05, 0) is 25.2 Å². The van der Waals surface area contributed by atoms with Crippen molar-refractivity contribution >= 4 is 11.6 Å². The summed E-state index contributed by atoms with van der Waals surface area (Å²) in [7, 11) is 0. The highest BCUT2D eigenvalue weighted by atomic mass is 15.1. The molecule has 3 N–H and O–H groups in total. The van der Waals surface area contributed by atoms with Crippen LogP contribution in [0.15, 0.2) is 6.33 Å². The van der Waals surface area contributed by atoms with E-state index in [0.717, 1.165) is 23.7 Å². The standard InChI is InChI=1S/C11H18N4/c1-3-9-10(12)13-6-14-11(9)15-8-4-7(2)5-8/h6-8H,3-5H2,1-2H3,(H3,12,13,14,15). The molecule has 0 aliphatic heterocycles. The van der Waals surface area contributed by atoms with Crippen LogP contribution in [0.1, 0.15) is 32.3 Å². The molecule has 15 heavy (non-hydrogen) atoms. The number of nitrogens with two attached hydrogens (primary N) is 1. The quantitative estimate of drug-likeness (QED) is 0.792. The van der Waals surface area contributed by atoms with Crippen molar-refractivity contribution in [2.45, 2.75) is 39.2 Å². The molecule has 1 aliphatic rings. The van der Waals surface area contributed by atoms with Crippen LogP contribution in [0.2, 0.25) is 0 Å². The largest absolute Gasteiger partial charge is 0.383 e. The zero-order valence-electron chi connectivity index (χ0n) is 9.33. The zero-order chi connectivity index (χ0) is 10.8. The maximum atomic E-state index is 5.80. The number of hydrogen-bond acceptors (Lipinski definition) is 4. The van der Waals surface area contributed by atoms with Crippen molar-refractivity contribution in [1.29, 1.82) is 0 Å². The Balaban J connectivity index is 2.10. The molecule has 0 saturated heterocycles. The van der Waals surface area contributed by atoms with Crippen LogP contribution in [0.3, 0.4) is 0 Å². The summed E-state index contributed by atoms with van der Waals surface area (Å²) >= 11 is 0. The molecule has 0 amide bonds. The first-order chi connectivity index (χ1) is 7.20. The Morgan fingerprint density at radius 3 is 2.80 bits per heavy atom. The second-order valence-corrected chi connectivity index (χ2v) is 4.36. The van der Waals surface area contributed by atoms with E-state index in [4.69, 9.17) is 5.73 Å². The van der Waals surface area contributed by atoms with Gasteiger partial charge in [0.25, 0.3) is 0 Å². The van der Waals surface area contributed by atoms with Gasteiger partial charge in [0.1, 0.15) is 18.0 Å². The van der Waals surface area contributed by atoms with Gasteiger partial charge in [-0.3, -0.25) is 0 Å². The SMILES string of the molecule is CCc1c(N)ncnc1NC1CC(C)C1. The number of nitrogen functional groups attached to an aromatic ring is 1. The lowest BCUT2D eigenvalue weighted by molar-refractivity contribution is 0.308. The second kappa shape index (κ2) is 4.04. The van der Waals surface area contributed by atoms with Crippen LogP contribution in [-0.4, -0.2) is 16.0 Å². The van der Waals surface area contributed by atoms with Crippen LogP contribution in [0.4, 0.5) is 11.6 Å². The number of aromatic nitrogens is 2. The first kappa shape index (κ1) is 10.2. The molecule has 4 heteroatoms. The molecule has 0 aromatic carbocycles. The first-order valence-electron chi connectivity index (χ1n) is 5.56. The highest BCUT2D eigenvalue weighted by Gasteiger charge is 2.26. The van der Waals surface area contributed by atoms with E-state index in [-0.39, 0.29) is 0 Å². The smallest absolute Gasteiger partial charge is 0.134 e. The van der Waals surface area contributed by atoms with Gasteiger partial charge in [-0.15, -0.1) is 0 Å². The molecule has 0 spiro atoms. The highest BCUT2D eigenvalue weighted by molar-refractivity contribution is 5.55. The van der Waals surface area contributed by atoms with Crippen LogP contribution in [0, 0.1) is 5.92 Å². The summed E-state index contributed by atoms with van der Waals surface area (Å²) in [5.74, 6) is 2.36. The summed E-state index contributed by atoms with van der Waals surface area (Å²) in [5, 5.41) is 3.44. The van der Waals surface area contributed by atoms with Crippen molar-refractivity contribution in [2.24, 2.45) is 5.92 Å². The Labute approximate surface area is 90.3 Å². The summed E-state index contributed by atoms with van der Waals surface area (Å²) < 4.78 is 0. The van der Waals surface area contributed by atoms with Crippen molar-refractivity contribution in [1.82, 2.24) is 9.97 Å².